The summed E-state index contributed by atoms with van der Waals surface area (Å²) in [4.78, 5) is 24.7. The van der Waals surface area contributed by atoms with Gasteiger partial charge in [0.05, 0.1) is 19.8 Å². The molecule has 2 N–H and O–H groups in total. The van der Waals surface area contributed by atoms with Crippen molar-refractivity contribution in [1.29, 1.82) is 0 Å². The van der Waals surface area contributed by atoms with Crippen LogP contribution in [0.15, 0.2) is 30.3 Å². The molecule has 2 aromatic rings. The Labute approximate surface area is 166 Å². The van der Waals surface area contributed by atoms with Crippen molar-refractivity contribution in [1.82, 2.24) is 5.32 Å². The number of anilines is 1. The van der Waals surface area contributed by atoms with Crippen molar-refractivity contribution >= 4 is 17.5 Å². The monoisotopic (exact) mass is 384 g/mol. The minimum absolute atomic E-state index is 0.122. The van der Waals surface area contributed by atoms with Gasteiger partial charge in [0.15, 0.2) is 11.5 Å². The largest absolute Gasteiger partial charge is 0.490 e. The van der Waals surface area contributed by atoms with E-state index in [0.717, 1.165) is 22.4 Å². The number of ether oxygens (including phenoxy) is 2. The summed E-state index contributed by atoms with van der Waals surface area (Å²) < 4.78 is 11.0. The molecule has 0 aliphatic rings. The molecule has 0 saturated carbocycles. The molecule has 2 amide bonds. The van der Waals surface area contributed by atoms with E-state index < -0.39 is 0 Å². The highest BCUT2D eigenvalue weighted by Gasteiger charge is 2.14. The van der Waals surface area contributed by atoms with E-state index in [9.17, 15) is 9.59 Å². The Balaban J connectivity index is 2.01. The van der Waals surface area contributed by atoms with Crippen molar-refractivity contribution < 1.29 is 19.1 Å². The van der Waals surface area contributed by atoms with Crippen LogP contribution < -0.4 is 20.1 Å². The number of hydrogen-bond donors (Lipinski definition) is 2. The van der Waals surface area contributed by atoms with Crippen molar-refractivity contribution in [2.45, 2.75) is 34.6 Å². The Kier molecular flexibility index (Phi) is 7.44. The van der Waals surface area contributed by atoms with Crippen LogP contribution in [-0.2, 0) is 4.79 Å². The maximum atomic E-state index is 12.4. The maximum absolute atomic E-state index is 12.4. The van der Waals surface area contributed by atoms with Gasteiger partial charge in [0.25, 0.3) is 5.91 Å². The van der Waals surface area contributed by atoms with Crippen LogP contribution >= 0.6 is 0 Å². The number of carbonyl (C=O) groups excluding carboxylic acids is 2. The van der Waals surface area contributed by atoms with E-state index in [4.69, 9.17) is 9.47 Å². The topological polar surface area (TPSA) is 76.7 Å². The lowest BCUT2D eigenvalue weighted by Crippen LogP contribution is -2.33. The first kappa shape index (κ1) is 21.3. The normalized spacial score (nSPS) is 10.3. The number of nitrogens with one attached hydrogen (secondary N) is 2. The fraction of sp³-hybridized carbons (Fsp3) is 0.364. The average Bonchev–Trinajstić information content (AvgIpc) is 2.64. The van der Waals surface area contributed by atoms with Gasteiger partial charge in [-0.25, -0.2) is 0 Å². The molecule has 0 heterocycles. The molecule has 0 aromatic heterocycles. The fourth-order valence-electron chi connectivity index (χ4n) is 3.02. The van der Waals surface area contributed by atoms with Gasteiger partial charge in [0.2, 0.25) is 5.91 Å². The van der Waals surface area contributed by atoms with Crippen LogP contribution in [0, 0.1) is 20.8 Å². The van der Waals surface area contributed by atoms with Crippen LogP contribution in [0.25, 0.3) is 0 Å². The smallest absolute Gasteiger partial charge is 0.251 e. The minimum atomic E-state index is -0.350. The van der Waals surface area contributed by atoms with Crippen molar-refractivity contribution in [2.24, 2.45) is 0 Å². The number of amides is 2. The first-order chi connectivity index (χ1) is 13.3. The molecule has 2 rings (SSSR count). The third-order valence-electron chi connectivity index (χ3n) is 4.16. The summed E-state index contributed by atoms with van der Waals surface area (Å²) in [5.74, 6) is 0.465. The van der Waals surface area contributed by atoms with E-state index in [1.807, 2.05) is 46.8 Å². The van der Waals surface area contributed by atoms with Gasteiger partial charge in [-0.05, 0) is 63.9 Å². The lowest BCUT2D eigenvalue weighted by Gasteiger charge is -2.14. The molecular weight excluding hydrogens is 356 g/mol. The van der Waals surface area contributed by atoms with Gasteiger partial charge in [-0.2, -0.15) is 0 Å². The van der Waals surface area contributed by atoms with Crippen LogP contribution in [-0.4, -0.2) is 31.6 Å². The van der Waals surface area contributed by atoms with E-state index in [1.165, 1.54) is 0 Å². The molecule has 28 heavy (non-hydrogen) atoms. The molecule has 0 aliphatic carbocycles. The highest BCUT2D eigenvalue weighted by Crippen LogP contribution is 2.28. The second-order valence-corrected chi connectivity index (χ2v) is 6.53. The molecule has 0 bridgehead atoms. The Morgan fingerprint density at radius 2 is 1.50 bits per heavy atom. The second kappa shape index (κ2) is 9.78. The van der Waals surface area contributed by atoms with E-state index in [1.54, 1.807) is 18.2 Å². The third-order valence-corrected chi connectivity index (χ3v) is 4.16. The van der Waals surface area contributed by atoms with E-state index >= 15 is 0 Å². The molecule has 2 aromatic carbocycles. The van der Waals surface area contributed by atoms with Crippen LogP contribution in [0.3, 0.4) is 0 Å². The Hall–Kier alpha value is -3.02. The molecule has 150 valence electrons. The van der Waals surface area contributed by atoms with Crippen molar-refractivity contribution in [3.05, 3.63) is 52.6 Å². The second-order valence-electron chi connectivity index (χ2n) is 6.53. The van der Waals surface area contributed by atoms with Crippen molar-refractivity contribution in [2.75, 3.05) is 25.1 Å². The summed E-state index contributed by atoms with van der Waals surface area (Å²) in [7, 11) is 0. The van der Waals surface area contributed by atoms with E-state index in [0.29, 0.717) is 30.3 Å². The van der Waals surface area contributed by atoms with Crippen LogP contribution in [0.5, 0.6) is 11.5 Å². The van der Waals surface area contributed by atoms with Crippen LogP contribution in [0.1, 0.15) is 40.9 Å². The fourth-order valence-corrected chi connectivity index (χ4v) is 3.02. The van der Waals surface area contributed by atoms with Gasteiger partial charge in [0, 0.05) is 11.3 Å². The summed E-state index contributed by atoms with van der Waals surface area (Å²) >= 11 is 0. The summed E-state index contributed by atoms with van der Waals surface area (Å²) in [5.41, 5.74) is 4.31. The standard InChI is InChI=1S/C22H28N2O4/c1-6-27-18-9-8-17(12-19(18)28-7-2)22(26)23-13-20(25)24-21-15(4)10-14(3)11-16(21)5/h8-12H,6-7,13H2,1-5H3,(H,23,26)(H,24,25). The number of carbonyl (C=O) groups is 2. The molecule has 6 heteroatoms. The van der Waals surface area contributed by atoms with Gasteiger partial charge in [0.1, 0.15) is 0 Å². The lowest BCUT2D eigenvalue weighted by atomic mass is 10.1. The number of benzene rings is 2. The van der Waals surface area contributed by atoms with Crippen LogP contribution in [0.4, 0.5) is 5.69 Å². The first-order valence-corrected chi connectivity index (χ1v) is 9.41. The number of hydrogen-bond acceptors (Lipinski definition) is 4. The molecular formula is C22H28N2O4. The maximum Gasteiger partial charge on any atom is 0.251 e. The number of aryl methyl sites for hydroxylation is 3. The Morgan fingerprint density at radius 1 is 0.893 bits per heavy atom. The zero-order chi connectivity index (χ0) is 20.7. The summed E-state index contributed by atoms with van der Waals surface area (Å²) in [5, 5.41) is 5.51. The molecule has 0 aliphatic heterocycles. The van der Waals surface area contributed by atoms with E-state index in [2.05, 4.69) is 10.6 Å². The van der Waals surface area contributed by atoms with Crippen LogP contribution in [0.2, 0.25) is 0 Å². The molecule has 0 spiro atoms. The van der Waals surface area contributed by atoms with Gasteiger partial charge in [-0.3, -0.25) is 9.59 Å². The summed E-state index contributed by atoms with van der Waals surface area (Å²) in [6.45, 7) is 10.5. The van der Waals surface area contributed by atoms with Gasteiger partial charge in [-0.1, -0.05) is 17.7 Å². The Bertz CT molecular complexity index is 839. The Morgan fingerprint density at radius 3 is 2.11 bits per heavy atom. The molecule has 0 atom stereocenters. The van der Waals surface area contributed by atoms with Crippen molar-refractivity contribution in [3.63, 3.8) is 0 Å². The highest BCUT2D eigenvalue weighted by atomic mass is 16.5. The van der Waals surface area contributed by atoms with Gasteiger partial charge >= 0.3 is 0 Å². The summed E-state index contributed by atoms with van der Waals surface area (Å²) in [6.07, 6.45) is 0. The zero-order valence-electron chi connectivity index (χ0n) is 17.1. The molecule has 0 unspecified atom stereocenters. The van der Waals surface area contributed by atoms with Gasteiger partial charge in [-0.15, -0.1) is 0 Å². The predicted octanol–water partition coefficient (Wildman–Crippen LogP) is 3.78. The quantitative estimate of drug-likeness (QED) is 0.726. The molecule has 0 fully saturated rings. The SMILES string of the molecule is CCOc1ccc(C(=O)NCC(=O)Nc2c(C)cc(C)cc2C)cc1OCC. The van der Waals surface area contributed by atoms with Gasteiger partial charge < -0.3 is 20.1 Å². The molecule has 6 nitrogen and oxygen atoms in total. The zero-order valence-corrected chi connectivity index (χ0v) is 17.1. The summed E-state index contributed by atoms with van der Waals surface area (Å²) in [6, 6.07) is 8.99. The molecule has 0 saturated heterocycles. The lowest BCUT2D eigenvalue weighted by molar-refractivity contribution is -0.115. The number of rotatable bonds is 8. The highest BCUT2D eigenvalue weighted by molar-refractivity contribution is 6.00. The third kappa shape index (κ3) is 5.49. The first-order valence-electron chi connectivity index (χ1n) is 9.41. The predicted molar refractivity (Wildman–Crippen MR) is 110 cm³/mol. The van der Waals surface area contributed by atoms with Crippen molar-refractivity contribution in [3.8, 4) is 11.5 Å². The average molecular weight is 384 g/mol. The van der Waals surface area contributed by atoms with E-state index in [-0.39, 0.29) is 18.4 Å². The molecule has 0 radical (unpaired) electrons. The minimum Gasteiger partial charge on any atom is -0.490 e.